The van der Waals surface area contributed by atoms with Gasteiger partial charge in [-0.05, 0) is 97.1 Å². The first-order valence-electron chi connectivity index (χ1n) is 17.4. The van der Waals surface area contributed by atoms with Crippen molar-refractivity contribution in [2.45, 2.75) is 46.0 Å². The normalized spacial score (nSPS) is 12.2. The molecule has 0 fully saturated rings. The minimum Gasteiger partial charge on any atom is -0.256 e. The number of hydrogen-bond donors (Lipinski definition) is 0. The van der Waals surface area contributed by atoms with Crippen LogP contribution in [0.15, 0.2) is 145 Å². The van der Waals surface area contributed by atoms with Gasteiger partial charge in [0, 0.05) is 22.9 Å². The second-order valence-electron chi connectivity index (χ2n) is 14.5. The number of rotatable bonds is 6. The number of benzene rings is 7. The van der Waals surface area contributed by atoms with Crippen LogP contribution in [0.2, 0.25) is 0 Å². The van der Waals surface area contributed by atoms with Gasteiger partial charge in [-0.25, -0.2) is 4.98 Å². The number of fused-ring (bicyclic) bond motifs is 3. The molecule has 1 heterocycles. The SMILES string of the molecule is CC(C)c1ccc(-c2ccc3cc(-c4cc(C(C)(C)C)cc5sc(-c6ccccc6N=Cc6cccc7ccccc67)nc45)ccc3c2)cc1. The Balaban J connectivity index is 1.20. The van der Waals surface area contributed by atoms with Gasteiger partial charge in [-0.3, -0.25) is 4.99 Å². The first-order chi connectivity index (χ1) is 24.2. The molecule has 0 aliphatic carbocycles. The van der Waals surface area contributed by atoms with Crippen LogP contribution in [0.5, 0.6) is 0 Å². The quantitative estimate of drug-likeness (QED) is 0.162. The molecule has 1 aromatic heterocycles. The number of nitrogens with zero attached hydrogens (tertiary/aromatic N) is 2. The van der Waals surface area contributed by atoms with E-state index in [1.807, 2.05) is 6.21 Å². The third kappa shape index (κ3) is 6.14. The molecule has 0 bridgehead atoms. The highest BCUT2D eigenvalue weighted by Gasteiger charge is 2.20. The molecule has 2 nitrogen and oxygen atoms in total. The number of aromatic nitrogens is 1. The Kier molecular flexibility index (Phi) is 8.17. The molecule has 0 unspecified atom stereocenters. The molecule has 50 heavy (non-hydrogen) atoms. The van der Waals surface area contributed by atoms with E-state index < -0.39 is 0 Å². The van der Waals surface area contributed by atoms with E-state index in [0.717, 1.165) is 27.3 Å². The van der Waals surface area contributed by atoms with Gasteiger partial charge in [0.2, 0.25) is 0 Å². The second kappa shape index (κ2) is 12.8. The van der Waals surface area contributed by atoms with Gasteiger partial charge >= 0.3 is 0 Å². The van der Waals surface area contributed by atoms with Gasteiger partial charge in [0.25, 0.3) is 0 Å². The summed E-state index contributed by atoms with van der Waals surface area (Å²) in [4.78, 5) is 10.4. The van der Waals surface area contributed by atoms with Crippen molar-refractivity contribution in [2.24, 2.45) is 4.99 Å². The number of thiazole rings is 1. The van der Waals surface area contributed by atoms with Gasteiger partial charge in [0.15, 0.2) is 0 Å². The molecule has 8 aromatic rings. The monoisotopic (exact) mass is 664 g/mol. The van der Waals surface area contributed by atoms with Crippen LogP contribution >= 0.6 is 11.3 Å². The van der Waals surface area contributed by atoms with E-state index in [2.05, 4.69) is 174 Å². The van der Waals surface area contributed by atoms with Crippen molar-refractivity contribution in [3.63, 3.8) is 0 Å². The maximum Gasteiger partial charge on any atom is 0.126 e. The molecule has 8 rings (SSSR count). The fourth-order valence-electron chi connectivity index (χ4n) is 6.72. The Morgan fingerprint density at radius 3 is 2.08 bits per heavy atom. The lowest BCUT2D eigenvalue weighted by Gasteiger charge is -2.20. The zero-order chi connectivity index (χ0) is 34.4. The number of hydrogen-bond acceptors (Lipinski definition) is 3. The van der Waals surface area contributed by atoms with Gasteiger partial charge in [0.1, 0.15) is 5.01 Å². The van der Waals surface area contributed by atoms with Crippen molar-refractivity contribution in [1.29, 1.82) is 0 Å². The highest BCUT2D eigenvalue weighted by atomic mass is 32.1. The van der Waals surface area contributed by atoms with E-state index in [1.54, 1.807) is 11.3 Å². The van der Waals surface area contributed by atoms with E-state index >= 15 is 0 Å². The lowest BCUT2D eigenvalue weighted by atomic mass is 9.85. The van der Waals surface area contributed by atoms with E-state index in [4.69, 9.17) is 9.98 Å². The predicted octanol–water partition coefficient (Wildman–Crippen LogP) is 13.8. The van der Waals surface area contributed by atoms with Crippen molar-refractivity contribution in [3.05, 3.63) is 156 Å². The molecule has 0 atom stereocenters. The summed E-state index contributed by atoms with van der Waals surface area (Å²) in [5.74, 6) is 0.528. The van der Waals surface area contributed by atoms with Crippen molar-refractivity contribution < 1.29 is 0 Å². The van der Waals surface area contributed by atoms with Crippen LogP contribution in [0.4, 0.5) is 5.69 Å². The van der Waals surface area contributed by atoms with Crippen molar-refractivity contribution >= 4 is 55.0 Å². The summed E-state index contributed by atoms with van der Waals surface area (Å²) in [6, 6.07) is 50.5. The molecule has 0 radical (unpaired) electrons. The smallest absolute Gasteiger partial charge is 0.126 e. The van der Waals surface area contributed by atoms with Gasteiger partial charge in [-0.2, -0.15) is 0 Å². The van der Waals surface area contributed by atoms with Crippen molar-refractivity contribution in [1.82, 2.24) is 4.98 Å². The fourth-order valence-corrected chi connectivity index (χ4v) is 7.79. The molecular weight excluding hydrogens is 625 g/mol. The van der Waals surface area contributed by atoms with Crippen LogP contribution in [-0.4, -0.2) is 11.2 Å². The molecule has 0 aliphatic heterocycles. The average Bonchev–Trinajstić information content (AvgIpc) is 3.57. The van der Waals surface area contributed by atoms with Crippen LogP contribution in [0, 0.1) is 0 Å². The zero-order valence-electron chi connectivity index (χ0n) is 29.2. The Bertz CT molecular complexity index is 2540. The van der Waals surface area contributed by atoms with E-state index in [-0.39, 0.29) is 5.41 Å². The van der Waals surface area contributed by atoms with Crippen LogP contribution in [0.1, 0.15) is 57.2 Å². The Morgan fingerprint density at radius 1 is 0.620 bits per heavy atom. The maximum absolute atomic E-state index is 5.35. The summed E-state index contributed by atoms with van der Waals surface area (Å²) in [7, 11) is 0. The molecule has 244 valence electrons. The summed E-state index contributed by atoms with van der Waals surface area (Å²) in [5, 5.41) is 5.85. The zero-order valence-corrected chi connectivity index (χ0v) is 30.1. The molecule has 0 saturated carbocycles. The van der Waals surface area contributed by atoms with E-state index in [9.17, 15) is 0 Å². The highest BCUT2D eigenvalue weighted by Crippen LogP contribution is 2.42. The number of para-hydroxylation sites is 1. The minimum atomic E-state index is -0.00931. The summed E-state index contributed by atoms with van der Waals surface area (Å²) in [6.07, 6.45) is 1.98. The number of aliphatic imine (C=N–C) groups is 1. The topological polar surface area (TPSA) is 25.2 Å². The standard InChI is InChI=1S/C47H40N2S/c1-30(2)31-17-19-32(20-18-31)34-21-22-36-26-37(24-23-35(36)25-34)42-27-39(47(3,4)5)28-44-45(42)49-46(50-44)41-15-8-9-16-43(41)48-29-38-13-10-12-33-11-6-7-14-40(33)38/h6-30H,1-5H3. The van der Waals surface area contributed by atoms with Gasteiger partial charge in [-0.1, -0.05) is 138 Å². The first-order valence-corrected chi connectivity index (χ1v) is 18.2. The third-order valence-electron chi connectivity index (χ3n) is 9.72. The largest absolute Gasteiger partial charge is 0.256 e. The molecule has 0 spiro atoms. The van der Waals surface area contributed by atoms with E-state index in [0.29, 0.717) is 5.92 Å². The Hall–Kier alpha value is -5.38. The van der Waals surface area contributed by atoms with Crippen LogP contribution in [0.25, 0.3) is 64.6 Å². The molecule has 0 saturated heterocycles. The molecular formula is C47H40N2S. The van der Waals surface area contributed by atoms with Crippen LogP contribution < -0.4 is 0 Å². The van der Waals surface area contributed by atoms with Gasteiger partial charge in [-0.15, -0.1) is 11.3 Å². The van der Waals surface area contributed by atoms with Gasteiger partial charge in [0.05, 0.1) is 15.9 Å². The van der Waals surface area contributed by atoms with E-state index in [1.165, 1.54) is 59.6 Å². The van der Waals surface area contributed by atoms with Gasteiger partial charge < -0.3 is 0 Å². The predicted molar refractivity (Wildman–Crippen MR) is 217 cm³/mol. The maximum atomic E-state index is 5.35. The van der Waals surface area contributed by atoms with Crippen molar-refractivity contribution in [3.8, 4) is 32.8 Å². The summed E-state index contributed by atoms with van der Waals surface area (Å²) in [6.45, 7) is 11.3. The molecule has 7 aromatic carbocycles. The average molecular weight is 665 g/mol. The van der Waals surface area contributed by atoms with Crippen LogP contribution in [-0.2, 0) is 5.41 Å². The molecule has 3 heteroatoms. The Morgan fingerprint density at radius 2 is 1.30 bits per heavy atom. The van der Waals surface area contributed by atoms with Crippen molar-refractivity contribution in [2.75, 3.05) is 0 Å². The lowest BCUT2D eigenvalue weighted by molar-refractivity contribution is 0.591. The highest BCUT2D eigenvalue weighted by molar-refractivity contribution is 7.21. The summed E-state index contributed by atoms with van der Waals surface area (Å²) < 4.78 is 1.19. The first kappa shape index (κ1) is 31.9. The molecule has 0 N–H and O–H groups in total. The lowest BCUT2D eigenvalue weighted by Crippen LogP contribution is -2.11. The summed E-state index contributed by atoms with van der Waals surface area (Å²) >= 11 is 1.75. The molecule has 0 amide bonds. The Labute approximate surface area is 298 Å². The fraction of sp³-hybridized carbons (Fsp3) is 0.149. The molecule has 0 aliphatic rings. The third-order valence-corrected chi connectivity index (χ3v) is 10.8. The minimum absolute atomic E-state index is 0.00931. The summed E-state index contributed by atoms with van der Waals surface area (Å²) in [5.41, 5.74) is 11.6. The van der Waals surface area contributed by atoms with Crippen LogP contribution in [0.3, 0.4) is 0 Å². The second-order valence-corrected chi connectivity index (χ2v) is 15.6.